The van der Waals surface area contributed by atoms with Gasteiger partial charge in [0.1, 0.15) is 11.8 Å². The molecule has 0 bridgehead atoms. The van der Waals surface area contributed by atoms with Crippen LogP contribution < -0.4 is 9.64 Å². The fourth-order valence-corrected chi connectivity index (χ4v) is 6.18. The van der Waals surface area contributed by atoms with Gasteiger partial charge in [-0.1, -0.05) is 80.0 Å². The summed E-state index contributed by atoms with van der Waals surface area (Å²) in [4.78, 5) is 43.2. The molecule has 37 heavy (non-hydrogen) atoms. The summed E-state index contributed by atoms with van der Waals surface area (Å²) in [5, 5.41) is -0.278. The molecule has 0 saturated carbocycles. The minimum Gasteiger partial charge on any atom is -0.496 e. The Kier molecular flexibility index (Phi) is 6.92. The standard InChI is InChI=1S/C25H14BrCl5N2O4/c1-9-3-5-11(8-13(9)27)32-21(12-7-10(26)4-6-14(12)37-2)22(25(32)36)33-23(34)15-16(24(33)35)18(29)20(31)19(30)17(15)28/h3-8,21-22H,1-2H3. The van der Waals surface area contributed by atoms with Crippen molar-refractivity contribution >= 4 is 97.3 Å². The zero-order chi connectivity index (χ0) is 26.9. The van der Waals surface area contributed by atoms with Crippen LogP contribution in [-0.2, 0) is 4.79 Å². The van der Waals surface area contributed by atoms with Crippen LogP contribution in [0.25, 0.3) is 0 Å². The number of methoxy groups -OCH3 is 1. The fourth-order valence-electron chi connectivity index (χ4n) is 4.61. The summed E-state index contributed by atoms with van der Waals surface area (Å²) in [6, 6.07) is 8.37. The lowest BCUT2D eigenvalue weighted by atomic mass is 9.85. The molecule has 2 aliphatic rings. The Morgan fingerprint density at radius 1 is 0.784 bits per heavy atom. The summed E-state index contributed by atoms with van der Waals surface area (Å²) in [5.74, 6) is -1.66. The number of carbonyl (C=O) groups is 3. The largest absolute Gasteiger partial charge is 0.496 e. The van der Waals surface area contributed by atoms with Crippen LogP contribution in [0.2, 0.25) is 25.1 Å². The van der Waals surface area contributed by atoms with Crippen LogP contribution in [0, 0.1) is 6.92 Å². The molecule has 6 nitrogen and oxygen atoms in total. The van der Waals surface area contributed by atoms with Gasteiger partial charge in [0, 0.05) is 20.7 Å². The van der Waals surface area contributed by atoms with E-state index in [0.717, 1.165) is 10.5 Å². The maximum absolute atomic E-state index is 13.7. The molecule has 1 fully saturated rings. The molecule has 12 heteroatoms. The van der Waals surface area contributed by atoms with Crippen molar-refractivity contribution in [3.05, 3.63) is 88.2 Å². The van der Waals surface area contributed by atoms with Crippen molar-refractivity contribution in [2.45, 2.75) is 19.0 Å². The van der Waals surface area contributed by atoms with Gasteiger partial charge in [0.2, 0.25) is 0 Å². The van der Waals surface area contributed by atoms with Crippen molar-refractivity contribution in [3.63, 3.8) is 0 Å². The van der Waals surface area contributed by atoms with Crippen molar-refractivity contribution in [2.24, 2.45) is 0 Å². The van der Waals surface area contributed by atoms with Crippen LogP contribution in [0.4, 0.5) is 5.69 Å². The molecular formula is C25H14BrCl5N2O4. The molecule has 1 saturated heterocycles. The molecule has 0 N–H and O–H groups in total. The Labute approximate surface area is 245 Å². The van der Waals surface area contributed by atoms with E-state index in [1.54, 1.807) is 36.4 Å². The monoisotopic (exact) mass is 660 g/mol. The van der Waals surface area contributed by atoms with E-state index in [2.05, 4.69) is 15.9 Å². The van der Waals surface area contributed by atoms with E-state index < -0.39 is 29.8 Å². The second-order valence-electron chi connectivity index (χ2n) is 8.40. The summed E-state index contributed by atoms with van der Waals surface area (Å²) < 4.78 is 6.27. The third-order valence-corrected chi connectivity index (χ3v) is 9.12. The van der Waals surface area contributed by atoms with Crippen molar-refractivity contribution < 1.29 is 19.1 Å². The van der Waals surface area contributed by atoms with E-state index in [-0.39, 0.29) is 31.2 Å². The average molecular weight is 664 g/mol. The zero-order valence-corrected chi connectivity index (χ0v) is 24.3. The van der Waals surface area contributed by atoms with Crippen molar-refractivity contribution in [2.75, 3.05) is 12.0 Å². The number of fused-ring (bicyclic) bond motifs is 1. The summed E-state index contributed by atoms with van der Waals surface area (Å²) >= 11 is 34.7. The smallest absolute Gasteiger partial charge is 0.264 e. The molecule has 3 amide bonds. The van der Waals surface area contributed by atoms with Gasteiger partial charge < -0.3 is 9.64 Å². The third kappa shape index (κ3) is 3.94. The summed E-state index contributed by atoms with van der Waals surface area (Å²) in [5.41, 5.74) is 1.47. The number of rotatable bonds is 4. The number of imide groups is 1. The van der Waals surface area contributed by atoms with Gasteiger partial charge in [-0.25, -0.2) is 0 Å². The molecule has 2 heterocycles. The van der Waals surface area contributed by atoms with Crippen LogP contribution in [0.1, 0.15) is 37.9 Å². The second-order valence-corrected chi connectivity index (χ2v) is 11.2. The first kappa shape index (κ1) is 26.6. The molecule has 2 aliphatic heterocycles. The third-order valence-electron chi connectivity index (χ3n) is 6.42. The number of ether oxygens (including phenoxy) is 1. The predicted octanol–water partition coefficient (Wildman–Crippen LogP) is 7.79. The van der Waals surface area contributed by atoms with Crippen LogP contribution in [-0.4, -0.2) is 35.8 Å². The zero-order valence-electron chi connectivity index (χ0n) is 18.9. The number of carbonyl (C=O) groups excluding carboxylic acids is 3. The molecule has 0 aliphatic carbocycles. The molecule has 0 radical (unpaired) electrons. The highest BCUT2D eigenvalue weighted by atomic mass is 79.9. The van der Waals surface area contributed by atoms with E-state index in [1.165, 1.54) is 12.0 Å². The van der Waals surface area contributed by atoms with Crippen LogP contribution in [0.5, 0.6) is 5.75 Å². The minimum absolute atomic E-state index is 0.156. The molecule has 2 unspecified atom stereocenters. The number of benzene rings is 3. The second kappa shape index (κ2) is 9.63. The lowest BCUT2D eigenvalue weighted by Gasteiger charge is -2.50. The van der Waals surface area contributed by atoms with E-state index in [1.807, 2.05) is 6.92 Å². The molecular weight excluding hydrogens is 649 g/mol. The van der Waals surface area contributed by atoms with Crippen LogP contribution >= 0.6 is 73.9 Å². The molecule has 190 valence electrons. The molecule has 3 aromatic rings. The first-order chi connectivity index (χ1) is 17.5. The number of aryl methyl sites for hydroxylation is 1. The Morgan fingerprint density at radius 2 is 1.38 bits per heavy atom. The van der Waals surface area contributed by atoms with Gasteiger partial charge >= 0.3 is 0 Å². The Balaban J connectivity index is 1.68. The van der Waals surface area contributed by atoms with Crippen LogP contribution in [0.3, 0.4) is 0 Å². The highest BCUT2D eigenvalue weighted by Crippen LogP contribution is 2.50. The first-order valence-electron chi connectivity index (χ1n) is 10.7. The number of hydrogen-bond donors (Lipinski definition) is 0. The van der Waals surface area contributed by atoms with E-state index in [0.29, 0.717) is 26.5 Å². The number of amides is 3. The summed E-state index contributed by atoms with van der Waals surface area (Å²) in [7, 11) is 1.49. The molecule has 2 atom stereocenters. The Morgan fingerprint density at radius 3 is 1.92 bits per heavy atom. The van der Waals surface area contributed by atoms with E-state index in [9.17, 15) is 14.4 Å². The molecule has 0 aromatic heterocycles. The van der Waals surface area contributed by atoms with Crippen molar-refractivity contribution in [1.82, 2.24) is 4.90 Å². The van der Waals surface area contributed by atoms with Crippen molar-refractivity contribution in [1.29, 1.82) is 0 Å². The summed E-state index contributed by atoms with van der Waals surface area (Å²) in [6.45, 7) is 1.84. The number of nitrogens with zero attached hydrogens (tertiary/aromatic N) is 2. The fraction of sp³-hybridized carbons (Fsp3) is 0.160. The molecule has 3 aromatic carbocycles. The molecule has 0 spiro atoms. The summed E-state index contributed by atoms with van der Waals surface area (Å²) in [6.07, 6.45) is 0. The number of halogens is 6. The quantitative estimate of drug-likeness (QED) is 0.124. The maximum atomic E-state index is 13.7. The minimum atomic E-state index is -1.24. The normalized spacial score (nSPS) is 18.9. The van der Waals surface area contributed by atoms with Gasteiger partial charge in [-0.15, -0.1) is 0 Å². The average Bonchev–Trinajstić information content (AvgIpc) is 3.12. The van der Waals surface area contributed by atoms with E-state index in [4.69, 9.17) is 62.7 Å². The highest BCUT2D eigenvalue weighted by molar-refractivity contribution is 9.10. The van der Waals surface area contributed by atoms with Crippen LogP contribution in [0.15, 0.2) is 40.9 Å². The van der Waals surface area contributed by atoms with Gasteiger partial charge in [0.05, 0.1) is 44.4 Å². The van der Waals surface area contributed by atoms with Gasteiger partial charge in [0.25, 0.3) is 17.7 Å². The lowest BCUT2D eigenvalue weighted by molar-refractivity contribution is -0.130. The highest BCUT2D eigenvalue weighted by Gasteiger charge is 2.59. The van der Waals surface area contributed by atoms with Gasteiger partial charge in [-0.05, 0) is 42.8 Å². The van der Waals surface area contributed by atoms with Crippen molar-refractivity contribution in [3.8, 4) is 5.75 Å². The first-order valence-corrected chi connectivity index (χ1v) is 13.3. The number of β-lactam (4-membered cyclic amide) rings is 1. The van der Waals surface area contributed by atoms with E-state index >= 15 is 0 Å². The topological polar surface area (TPSA) is 66.9 Å². The van der Waals surface area contributed by atoms with Gasteiger partial charge in [-0.3, -0.25) is 19.3 Å². The Hall–Kier alpha value is -2.00. The lowest BCUT2D eigenvalue weighted by Crippen LogP contribution is -2.67. The number of hydrogen-bond acceptors (Lipinski definition) is 4. The SMILES string of the molecule is COc1ccc(Br)cc1C1C(N2C(=O)c3c(Cl)c(Cl)c(Cl)c(Cl)c3C2=O)C(=O)N1c1ccc(C)c(Cl)c1. The van der Waals surface area contributed by atoms with Gasteiger partial charge in [-0.2, -0.15) is 0 Å². The molecule has 5 rings (SSSR count). The maximum Gasteiger partial charge on any atom is 0.264 e. The van der Waals surface area contributed by atoms with Gasteiger partial charge in [0.15, 0.2) is 0 Å². The predicted molar refractivity (Wildman–Crippen MR) is 148 cm³/mol. The Bertz CT molecular complexity index is 1500. The number of anilines is 1.